The fourth-order valence-electron chi connectivity index (χ4n) is 5.94. The normalized spacial score (nSPS) is 28.3. The second kappa shape index (κ2) is 20.0. The van der Waals surface area contributed by atoms with Crippen LogP contribution < -0.4 is 0 Å². The van der Waals surface area contributed by atoms with Crippen LogP contribution in [-0.4, -0.2) is 69.4 Å². The molecule has 0 radical (unpaired) electrons. The molecule has 1 aliphatic carbocycles. The van der Waals surface area contributed by atoms with Gasteiger partial charge in [-0.2, -0.15) is 0 Å². The van der Waals surface area contributed by atoms with Gasteiger partial charge in [0.25, 0.3) is 0 Å². The number of ether oxygens (including phenoxy) is 6. The minimum atomic E-state index is -0.320. The maximum atomic E-state index is 12.8. The molecule has 0 bridgehead atoms. The van der Waals surface area contributed by atoms with Crippen LogP contribution in [0.2, 0.25) is 0 Å². The highest BCUT2D eigenvalue weighted by atomic mass is 16.7. The van der Waals surface area contributed by atoms with Crippen LogP contribution in [0.1, 0.15) is 103 Å². The van der Waals surface area contributed by atoms with Gasteiger partial charge in [-0.25, -0.2) is 0 Å². The standard InChI is InChI=1S/C33H52O9/c1-25(34)41-29-24-30(42-33-18-10-13-23-40-33)28(27(29)15-7-3-4-8-16-31(36)37-2)20-19-26(35)14-6-5-11-21-38-32-17-9-12-22-39-32/h3,7,19-20,27-30,32-33H,4-6,8-18,21-24H2,1-2H3/b7-3-,20-19+/t27-,28-,29+,30-,32?,33?/m1/s1. The van der Waals surface area contributed by atoms with Gasteiger partial charge in [0.2, 0.25) is 0 Å². The van der Waals surface area contributed by atoms with Gasteiger partial charge in [-0.3, -0.25) is 14.4 Å². The molecular formula is C33H52O9. The number of unbranched alkanes of at least 4 members (excludes halogenated alkanes) is 3. The Morgan fingerprint density at radius 3 is 2.31 bits per heavy atom. The summed E-state index contributed by atoms with van der Waals surface area (Å²) in [6.45, 7) is 3.55. The summed E-state index contributed by atoms with van der Waals surface area (Å²) in [4.78, 5) is 36.2. The van der Waals surface area contributed by atoms with Crippen LogP contribution >= 0.6 is 0 Å². The third-order valence-corrected chi connectivity index (χ3v) is 8.22. The molecule has 2 heterocycles. The molecule has 3 fully saturated rings. The number of carbonyl (C=O) groups excluding carboxylic acids is 3. The van der Waals surface area contributed by atoms with Gasteiger partial charge in [0.15, 0.2) is 18.4 Å². The molecule has 0 N–H and O–H groups in total. The first-order valence-electron chi connectivity index (χ1n) is 16.1. The lowest BCUT2D eigenvalue weighted by Crippen LogP contribution is -2.30. The SMILES string of the molecule is COC(=O)CCC/C=C\C[C@@H]1[C@@H](/C=C/C(=O)CCCCCOC2CCCCO2)[C@H](OC2CCCCO2)C[C@@H]1OC(C)=O. The molecule has 0 aromatic rings. The zero-order chi connectivity index (χ0) is 30.0. The molecule has 6 atom stereocenters. The van der Waals surface area contributed by atoms with E-state index >= 15 is 0 Å². The van der Waals surface area contributed by atoms with Crippen LogP contribution in [0.5, 0.6) is 0 Å². The highest BCUT2D eigenvalue weighted by Crippen LogP contribution is 2.41. The lowest BCUT2D eigenvalue weighted by Gasteiger charge is -2.29. The maximum Gasteiger partial charge on any atom is 0.305 e. The molecule has 0 amide bonds. The minimum absolute atomic E-state index is 0.0254. The van der Waals surface area contributed by atoms with E-state index in [-0.39, 0.29) is 54.3 Å². The van der Waals surface area contributed by atoms with Crippen LogP contribution in [0, 0.1) is 11.8 Å². The smallest absolute Gasteiger partial charge is 0.305 e. The van der Waals surface area contributed by atoms with E-state index < -0.39 is 0 Å². The minimum Gasteiger partial charge on any atom is -0.469 e. The largest absolute Gasteiger partial charge is 0.469 e. The number of esters is 2. The number of allylic oxidation sites excluding steroid dienone is 3. The van der Waals surface area contributed by atoms with Crippen LogP contribution in [0.15, 0.2) is 24.3 Å². The van der Waals surface area contributed by atoms with Crippen molar-refractivity contribution in [2.45, 2.75) is 128 Å². The lowest BCUT2D eigenvalue weighted by atomic mass is 9.89. The number of rotatable bonds is 18. The Hall–Kier alpha value is -2.07. The Morgan fingerprint density at radius 1 is 0.857 bits per heavy atom. The molecule has 2 aliphatic heterocycles. The molecule has 1 saturated carbocycles. The van der Waals surface area contributed by atoms with Crippen LogP contribution in [-0.2, 0) is 42.8 Å². The molecule has 3 rings (SSSR count). The Labute approximate surface area is 251 Å². The second-order valence-electron chi connectivity index (χ2n) is 11.6. The molecule has 42 heavy (non-hydrogen) atoms. The fourth-order valence-corrected chi connectivity index (χ4v) is 5.94. The monoisotopic (exact) mass is 592 g/mol. The summed E-state index contributed by atoms with van der Waals surface area (Å²) in [5.41, 5.74) is 0. The molecule has 2 saturated heterocycles. The van der Waals surface area contributed by atoms with Crippen molar-refractivity contribution >= 4 is 17.7 Å². The zero-order valence-corrected chi connectivity index (χ0v) is 25.7. The third kappa shape index (κ3) is 13.1. The number of carbonyl (C=O) groups is 3. The Kier molecular flexibility index (Phi) is 16.4. The number of hydrogen-bond acceptors (Lipinski definition) is 9. The molecule has 238 valence electrons. The predicted molar refractivity (Wildman–Crippen MR) is 157 cm³/mol. The maximum absolute atomic E-state index is 12.8. The van der Waals surface area contributed by atoms with E-state index in [4.69, 9.17) is 28.4 Å². The van der Waals surface area contributed by atoms with Crippen molar-refractivity contribution in [3.8, 4) is 0 Å². The van der Waals surface area contributed by atoms with Gasteiger partial charge in [0.1, 0.15) is 6.10 Å². The number of hydrogen-bond donors (Lipinski definition) is 0. The predicted octanol–water partition coefficient (Wildman–Crippen LogP) is 5.98. The summed E-state index contributed by atoms with van der Waals surface area (Å²) in [6.07, 6.45) is 19.3. The summed E-state index contributed by atoms with van der Waals surface area (Å²) >= 11 is 0. The Morgan fingerprint density at radius 2 is 1.62 bits per heavy atom. The summed E-state index contributed by atoms with van der Waals surface area (Å²) in [5, 5.41) is 0. The van der Waals surface area contributed by atoms with E-state index in [9.17, 15) is 14.4 Å². The molecule has 9 heteroatoms. The topological polar surface area (TPSA) is 107 Å². The molecule has 0 aromatic heterocycles. The summed E-state index contributed by atoms with van der Waals surface area (Å²) in [7, 11) is 1.40. The Balaban J connectivity index is 1.54. The first kappa shape index (κ1) is 34.4. The fraction of sp³-hybridized carbons (Fsp3) is 0.788. The van der Waals surface area contributed by atoms with Gasteiger partial charge in [0.05, 0.1) is 13.2 Å². The van der Waals surface area contributed by atoms with Gasteiger partial charge in [-0.05, 0) is 76.7 Å². The van der Waals surface area contributed by atoms with Gasteiger partial charge >= 0.3 is 11.9 Å². The molecule has 2 unspecified atom stereocenters. The molecular weight excluding hydrogens is 540 g/mol. The van der Waals surface area contributed by atoms with E-state index in [2.05, 4.69) is 12.2 Å². The van der Waals surface area contributed by atoms with Gasteiger partial charge in [-0.15, -0.1) is 0 Å². The summed E-state index contributed by atoms with van der Waals surface area (Å²) in [5.74, 6) is -0.557. The highest BCUT2D eigenvalue weighted by Gasteiger charge is 2.45. The van der Waals surface area contributed by atoms with Crippen molar-refractivity contribution in [1.29, 1.82) is 0 Å². The highest BCUT2D eigenvalue weighted by molar-refractivity contribution is 5.89. The Bertz CT molecular complexity index is 858. The molecule has 9 nitrogen and oxygen atoms in total. The zero-order valence-electron chi connectivity index (χ0n) is 25.7. The van der Waals surface area contributed by atoms with Crippen LogP contribution in [0.4, 0.5) is 0 Å². The van der Waals surface area contributed by atoms with E-state index in [0.29, 0.717) is 45.3 Å². The van der Waals surface area contributed by atoms with E-state index in [0.717, 1.165) is 70.8 Å². The quantitative estimate of drug-likeness (QED) is 0.0822. The van der Waals surface area contributed by atoms with Crippen LogP contribution in [0.3, 0.4) is 0 Å². The number of ketones is 1. The third-order valence-electron chi connectivity index (χ3n) is 8.22. The average Bonchev–Trinajstić information content (AvgIpc) is 3.30. The van der Waals surface area contributed by atoms with Gasteiger partial charge in [0, 0.05) is 57.8 Å². The molecule has 0 aromatic carbocycles. The van der Waals surface area contributed by atoms with Crippen molar-refractivity contribution in [1.82, 2.24) is 0 Å². The molecule has 3 aliphatic rings. The van der Waals surface area contributed by atoms with E-state index in [1.54, 1.807) is 6.08 Å². The van der Waals surface area contributed by atoms with Crippen molar-refractivity contribution in [3.05, 3.63) is 24.3 Å². The van der Waals surface area contributed by atoms with Gasteiger partial charge in [-0.1, -0.05) is 24.6 Å². The van der Waals surface area contributed by atoms with E-state index in [1.807, 2.05) is 6.08 Å². The van der Waals surface area contributed by atoms with Crippen molar-refractivity contribution in [2.24, 2.45) is 11.8 Å². The summed E-state index contributed by atoms with van der Waals surface area (Å²) < 4.78 is 34.1. The van der Waals surface area contributed by atoms with Gasteiger partial charge < -0.3 is 28.4 Å². The average molecular weight is 593 g/mol. The first-order chi connectivity index (χ1) is 20.5. The number of methoxy groups -OCH3 is 1. The van der Waals surface area contributed by atoms with Crippen molar-refractivity contribution in [3.63, 3.8) is 0 Å². The van der Waals surface area contributed by atoms with Crippen LogP contribution in [0.25, 0.3) is 0 Å². The van der Waals surface area contributed by atoms with Crippen molar-refractivity contribution < 1.29 is 42.8 Å². The summed E-state index contributed by atoms with van der Waals surface area (Å²) in [6, 6.07) is 0. The first-order valence-corrected chi connectivity index (χ1v) is 16.1. The van der Waals surface area contributed by atoms with E-state index in [1.165, 1.54) is 14.0 Å². The second-order valence-corrected chi connectivity index (χ2v) is 11.6. The van der Waals surface area contributed by atoms with Crippen molar-refractivity contribution in [2.75, 3.05) is 26.9 Å². The lowest BCUT2D eigenvalue weighted by molar-refractivity contribution is -0.193. The molecule has 0 spiro atoms.